The van der Waals surface area contributed by atoms with Crippen LogP contribution >= 0.6 is 12.4 Å². The van der Waals surface area contributed by atoms with Gasteiger partial charge in [-0.3, -0.25) is 4.79 Å². The van der Waals surface area contributed by atoms with Crippen LogP contribution in [0.1, 0.15) is 32.6 Å². The lowest BCUT2D eigenvalue weighted by Crippen LogP contribution is -2.38. The van der Waals surface area contributed by atoms with Crippen LogP contribution in [0.3, 0.4) is 0 Å². The third-order valence-electron chi connectivity index (χ3n) is 3.01. The normalized spacial score (nSPS) is 33.5. The molecule has 1 aliphatic carbocycles. The Morgan fingerprint density at radius 2 is 1.92 bits per heavy atom. The van der Waals surface area contributed by atoms with Crippen LogP contribution in [-0.2, 0) is 4.79 Å². The summed E-state index contributed by atoms with van der Waals surface area (Å²) < 4.78 is 0. The first-order valence-corrected chi connectivity index (χ1v) is 4.49. The van der Waals surface area contributed by atoms with Crippen LogP contribution in [0.4, 0.5) is 0 Å². The topological polar surface area (TPSA) is 49.3 Å². The molecule has 0 aromatic carbocycles. The van der Waals surface area contributed by atoms with Gasteiger partial charge >= 0.3 is 5.97 Å². The molecule has 0 heterocycles. The van der Waals surface area contributed by atoms with E-state index in [1.165, 1.54) is 0 Å². The van der Waals surface area contributed by atoms with Crippen molar-refractivity contribution in [3.63, 3.8) is 0 Å². The van der Waals surface area contributed by atoms with Crippen molar-refractivity contribution in [1.82, 2.24) is 5.32 Å². The number of carbonyl (C=O) groups is 1. The second-order valence-electron chi connectivity index (χ2n) is 3.93. The van der Waals surface area contributed by atoms with Gasteiger partial charge in [0.15, 0.2) is 0 Å². The van der Waals surface area contributed by atoms with Gasteiger partial charge in [0.05, 0.1) is 5.41 Å². The van der Waals surface area contributed by atoms with E-state index in [9.17, 15) is 4.79 Å². The lowest BCUT2D eigenvalue weighted by molar-refractivity contribution is -0.150. The van der Waals surface area contributed by atoms with Crippen LogP contribution in [0.15, 0.2) is 0 Å². The van der Waals surface area contributed by atoms with Gasteiger partial charge in [0.25, 0.3) is 0 Å². The molecule has 0 saturated heterocycles. The van der Waals surface area contributed by atoms with Gasteiger partial charge in [0.2, 0.25) is 0 Å². The van der Waals surface area contributed by atoms with Crippen LogP contribution in [0.5, 0.6) is 0 Å². The molecule has 3 nitrogen and oxygen atoms in total. The van der Waals surface area contributed by atoms with Crippen LogP contribution in [0.25, 0.3) is 0 Å². The molecule has 0 aromatic heterocycles. The maximum atomic E-state index is 10.9. The summed E-state index contributed by atoms with van der Waals surface area (Å²) in [5.74, 6) is -0.642. The molecule has 13 heavy (non-hydrogen) atoms. The molecule has 0 unspecified atom stereocenters. The standard InChI is InChI=1S/C9H17NO2.ClH/c1-9(8(11)12)5-3-7(10-2)4-6-9;/h7,10H,3-6H2,1-2H3,(H,11,12);1H/t7-,9-;. The third-order valence-corrected chi connectivity index (χ3v) is 3.01. The summed E-state index contributed by atoms with van der Waals surface area (Å²) >= 11 is 0. The highest BCUT2D eigenvalue weighted by Gasteiger charge is 2.36. The molecule has 0 bridgehead atoms. The molecule has 0 amide bonds. The van der Waals surface area contributed by atoms with E-state index in [0.717, 1.165) is 25.7 Å². The highest BCUT2D eigenvalue weighted by atomic mass is 35.5. The Labute approximate surface area is 85.3 Å². The van der Waals surface area contributed by atoms with Crippen molar-refractivity contribution in [2.45, 2.75) is 38.6 Å². The van der Waals surface area contributed by atoms with Crippen LogP contribution < -0.4 is 5.32 Å². The van der Waals surface area contributed by atoms with Gasteiger partial charge in [-0.15, -0.1) is 12.4 Å². The predicted molar refractivity (Wildman–Crippen MR) is 54.3 cm³/mol. The third kappa shape index (κ3) is 2.85. The van der Waals surface area contributed by atoms with Crippen molar-refractivity contribution in [1.29, 1.82) is 0 Å². The molecular formula is C9H18ClNO2. The van der Waals surface area contributed by atoms with Crippen molar-refractivity contribution in [3.8, 4) is 0 Å². The Balaban J connectivity index is 0.00000144. The number of hydrogen-bond acceptors (Lipinski definition) is 2. The van der Waals surface area contributed by atoms with Crippen molar-refractivity contribution in [2.75, 3.05) is 7.05 Å². The zero-order valence-electron chi connectivity index (χ0n) is 8.17. The molecule has 0 atom stereocenters. The summed E-state index contributed by atoms with van der Waals surface area (Å²) in [6.07, 6.45) is 3.57. The molecule has 0 radical (unpaired) electrons. The van der Waals surface area contributed by atoms with Crippen molar-refractivity contribution in [2.24, 2.45) is 5.41 Å². The number of hydrogen-bond donors (Lipinski definition) is 2. The van der Waals surface area contributed by atoms with Crippen molar-refractivity contribution >= 4 is 18.4 Å². The molecule has 1 fully saturated rings. The van der Waals surface area contributed by atoms with Gasteiger partial charge in [0, 0.05) is 6.04 Å². The molecule has 78 valence electrons. The van der Waals surface area contributed by atoms with Gasteiger partial charge in [-0.2, -0.15) is 0 Å². The van der Waals surface area contributed by atoms with Gasteiger partial charge in [0.1, 0.15) is 0 Å². The second-order valence-corrected chi connectivity index (χ2v) is 3.93. The summed E-state index contributed by atoms with van der Waals surface area (Å²) in [6.45, 7) is 1.85. The minimum absolute atomic E-state index is 0. The summed E-state index contributed by atoms with van der Waals surface area (Å²) in [4.78, 5) is 10.9. The first kappa shape index (κ1) is 12.7. The minimum atomic E-state index is -0.642. The zero-order valence-corrected chi connectivity index (χ0v) is 8.99. The fourth-order valence-corrected chi connectivity index (χ4v) is 1.76. The average molecular weight is 208 g/mol. The number of halogens is 1. The fourth-order valence-electron chi connectivity index (χ4n) is 1.76. The maximum Gasteiger partial charge on any atom is 0.309 e. The Morgan fingerprint density at radius 1 is 1.46 bits per heavy atom. The quantitative estimate of drug-likeness (QED) is 0.724. The molecule has 0 aliphatic heterocycles. The first-order chi connectivity index (χ1) is 5.58. The largest absolute Gasteiger partial charge is 0.481 e. The van der Waals surface area contributed by atoms with E-state index >= 15 is 0 Å². The van der Waals surface area contributed by atoms with Crippen LogP contribution in [0, 0.1) is 5.41 Å². The zero-order chi connectivity index (χ0) is 9.19. The Hall–Kier alpha value is -0.280. The lowest BCUT2D eigenvalue weighted by atomic mass is 9.74. The predicted octanol–water partition coefficient (Wildman–Crippen LogP) is 1.66. The minimum Gasteiger partial charge on any atom is -0.481 e. The van der Waals surface area contributed by atoms with Gasteiger partial charge in [-0.25, -0.2) is 0 Å². The second kappa shape index (κ2) is 4.82. The maximum absolute atomic E-state index is 10.9. The first-order valence-electron chi connectivity index (χ1n) is 4.49. The summed E-state index contributed by atoms with van der Waals surface area (Å²) in [5.41, 5.74) is -0.465. The van der Waals surface area contributed by atoms with E-state index in [4.69, 9.17) is 5.11 Å². The molecule has 1 aliphatic rings. The van der Waals surface area contributed by atoms with E-state index in [0.29, 0.717) is 6.04 Å². The smallest absolute Gasteiger partial charge is 0.309 e. The van der Waals surface area contributed by atoms with Gasteiger partial charge < -0.3 is 10.4 Å². The molecule has 2 N–H and O–H groups in total. The molecule has 0 spiro atoms. The monoisotopic (exact) mass is 207 g/mol. The fraction of sp³-hybridized carbons (Fsp3) is 0.889. The summed E-state index contributed by atoms with van der Waals surface area (Å²) in [6, 6.07) is 0.525. The Morgan fingerprint density at radius 3 is 2.23 bits per heavy atom. The van der Waals surface area contributed by atoms with Crippen LogP contribution in [-0.4, -0.2) is 24.2 Å². The van der Waals surface area contributed by atoms with E-state index < -0.39 is 11.4 Å². The molecule has 1 saturated carbocycles. The summed E-state index contributed by atoms with van der Waals surface area (Å²) in [7, 11) is 1.94. The highest BCUT2D eigenvalue weighted by molar-refractivity contribution is 5.85. The number of aliphatic carboxylic acids is 1. The highest BCUT2D eigenvalue weighted by Crippen LogP contribution is 2.35. The van der Waals surface area contributed by atoms with E-state index in [1.54, 1.807) is 0 Å². The lowest BCUT2D eigenvalue weighted by Gasteiger charge is -2.33. The molecular weight excluding hydrogens is 190 g/mol. The number of carboxylic acid groups (broad SMARTS) is 1. The summed E-state index contributed by atoms with van der Waals surface area (Å²) in [5, 5.41) is 12.1. The average Bonchev–Trinajstić information content (AvgIpc) is 2.06. The van der Waals surface area contributed by atoms with Crippen molar-refractivity contribution in [3.05, 3.63) is 0 Å². The van der Waals surface area contributed by atoms with Gasteiger partial charge in [-0.1, -0.05) is 0 Å². The number of carboxylic acids is 1. The molecule has 0 aromatic rings. The number of rotatable bonds is 2. The van der Waals surface area contributed by atoms with Crippen molar-refractivity contribution < 1.29 is 9.90 Å². The number of nitrogens with one attached hydrogen (secondary N) is 1. The SMILES string of the molecule is CN[C@H]1CC[C@](C)(C(=O)O)CC1.Cl. The van der Waals surface area contributed by atoms with E-state index in [2.05, 4.69) is 5.32 Å². The Kier molecular flexibility index (Phi) is 4.71. The van der Waals surface area contributed by atoms with Crippen LogP contribution in [0.2, 0.25) is 0 Å². The Bertz CT molecular complexity index is 176. The van der Waals surface area contributed by atoms with Gasteiger partial charge in [-0.05, 0) is 39.7 Å². The molecule has 1 rings (SSSR count). The van der Waals surface area contributed by atoms with E-state index in [1.807, 2.05) is 14.0 Å². The van der Waals surface area contributed by atoms with E-state index in [-0.39, 0.29) is 12.4 Å². The molecule has 4 heteroatoms.